The zero-order valence-electron chi connectivity index (χ0n) is 18.4. The number of amides is 2. The molecule has 0 spiro atoms. The molecule has 9 heteroatoms. The minimum Gasteiger partial charge on any atom is -0.349 e. The summed E-state index contributed by atoms with van der Waals surface area (Å²) in [5.41, 5.74) is 1.95. The third-order valence-electron chi connectivity index (χ3n) is 6.05. The number of aromatic nitrogens is 2. The van der Waals surface area contributed by atoms with Crippen LogP contribution in [0, 0.1) is 18.6 Å². The number of carbonyl (C=O) groups excluding carboxylic acids is 2. The Morgan fingerprint density at radius 1 is 1.00 bits per heavy atom. The van der Waals surface area contributed by atoms with Crippen molar-refractivity contribution in [3.8, 4) is 5.69 Å². The maximum absolute atomic E-state index is 13.3. The second-order valence-electron chi connectivity index (χ2n) is 8.35. The first-order valence-electron chi connectivity index (χ1n) is 11.0. The molecular formula is C25H22F2N4O2S. The van der Waals surface area contributed by atoms with Gasteiger partial charge in [0.2, 0.25) is 0 Å². The first-order valence-corrected chi connectivity index (χ1v) is 11.8. The van der Waals surface area contributed by atoms with Crippen LogP contribution in [0.3, 0.4) is 0 Å². The van der Waals surface area contributed by atoms with Crippen LogP contribution in [-0.4, -0.2) is 45.6 Å². The smallest absolute Gasteiger partial charge is 0.264 e. The summed E-state index contributed by atoms with van der Waals surface area (Å²) < 4.78 is 28.1. The number of benzene rings is 2. The van der Waals surface area contributed by atoms with Crippen molar-refractivity contribution in [1.82, 2.24) is 20.0 Å². The normalized spacial score (nSPS) is 14.5. The predicted molar refractivity (Wildman–Crippen MR) is 126 cm³/mol. The van der Waals surface area contributed by atoms with Crippen molar-refractivity contribution in [3.63, 3.8) is 0 Å². The first kappa shape index (κ1) is 22.2. The van der Waals surface area contributed by atoms with Gasteiger partial charge >= 0.3 is 0 Å². The number of rotatable bonds is 4. The van der Waals surface area contributed by atoms with E-state index < -0.39 is 0 Å². The molecule has 3 heterocycles. The maximum atomic E-state index is 13.3. The van der Waals surface area contributed by atoms with Gasteiger partial charge in [-0.25, -0.2) is 13.5 Å². The van der Waals surface area contributed by atoms with Crippen molar-refractivity contribution < 1.29 is 18.4 Å². The number of carbonyl (C=O) groups is 2. The summed E-state index contributed by atoms with van der Waals surface area (Å²) in [5.74, 6) is -0.988. The topological polar surface area (TPSA) is 67.2 Å². The number of piperidine rings is 1. The number of hydrogen-bond donors (Lipinski definition) is 1. The molecule has 2 aromatic carbocycles. The molecule has 0 atom stereocenters. The highest BCUT2D eigenvalue weighted by atomic mass is 32.1. The quantitative estimate of drug-likeness (QED) is 0.460. The third-order valence-corrected chi connectivity index (χ3v) is 7.15. The van der Waals surface area contributed by atoms with Gasteiger partial charge in [-0.2, -0.15) is 5.10 Å². The SMILES string of the molecule is Cc1nn(-c2ccc(F)cc2)c2sc(C(=O)N3CCC(NC(=O)c4ccc(F)cc4)CC3)cc12. The van der Waals surface area contributed by atoms with Crippen molar-refractivity contribution in [2.24, 2.45) is 0 Å². The van der Waals surface area contributed by atoms with E-state index in [0.717, 1.165) is 21.6 Å². The fraction of sp³-hybridized carbons (Fsp3) is 0.240. The Balaban J connectivity index is 1.26. The Morgan fingerprint density at radius 3 is 2.26 bits per heavy atom. The summed E-state index contributed by atoms with van der Waals surface area (Å²) in [4.78, 5) is 28.8. The van der Waals surface area contributed by atoms with Crippen molar-refractivity contribution in [1.29, 1.82) is 0 Å². The molecule has 4 aromatic rings. The van der Waals surface area contributed by atoms with Gasteiger partial charge in [0.1, 0.15) is 16.5 Å². The summed E-state index contributed by atoms with van der Waals surface area (Å²) >= 11 is 1.37. The number of hydrogen-bond acceptors (Lipinski definition) is 4. The van der Waals surface area contributed by atoms with E-state index in [1.165, 1.54) is 47.7 Å². The lowest BCUT2D eigenvalue weighted by Gasteiger charge is -2.32. The van der Waals surface area contributed by atoms with Crippen LogP contribution in [0.5, 0.6) is 0 Å². The molecule has 0 aliphatic carbocycles. The van der Waals surface area contributed by atoms with Gasteiger partial charge in [-0.15, -0.1) is 11.3 Å². The lowest BCUT2D eigenvalue weighted by Crippen LogP contribution is -2.46. The van der Waals surface area contributed by atoms with Crippen molar-refractivity contribution >= 4 is 33.4 Å². The minimum absolute atomic E-state index is 0.0433. The number of aryl methyl sites for hydroxylation is 1. The van der Waals surface area contributed by atoms with E-state index in [4.69, 9.17) is 0 Å². The van der Waals surface area contributed by atoms with Crippen LogP contribution < -0.4 is 5.32 Å². The molecule has 0 saturated carbocycles. The molecular weight excluding hydrogens is 458 g/mol. The summed E-state index contributed by atoms with van der Waals surface area (Å²) in [6.07, 6.45) is 1.29. The van der Waals surface area contributed by atoms with Crippen LogP contribution >= 0.6 is 11.3 Å². The van der Waals surface area contributed by atoms with Gasteiger partial charge in [0.25, 0.3) is 11.8 Å². The van der Waals surface area contributed by atoms with E-state index in [-0.39, 0.29) is 29.5 Å². The van der Waals surface area contributed by atoms with Gasteiger partial charge in [0.05, 0.1) is 16.3 Å². The molecule has 2 aromatic heterocycles. The van der Waals surface area contributed by atoms with Crippen LogP contribution in [-0.2, 0) is 0 Å². The van der Waals surface area contributed by atoms with Crippen LogP contribution in [0.25, 0.3) is 15.9 Å². The molecule has 2 amide bonds. The second-order valence-corrected chi connectivity index (χ2v) is 9.38. The monoisotopic (exact) mass is 480 g/mol. The molecule has 174 valence electrons. The lowest BCUT2D eigenvalue weighted by molar-refractivity contribution is 0.0703. The summed E-state index contributed by atoms with van der Waals surface area (Å²) in [5, 5.41) is 8.42. The van der Waals surface area contributed by atoms with Crippen molar-refractivity contribution in [3.05, 3.63) is 82.4 Å². The van der Waals surface area contributed by atoms with E-state index in [1.807, 2.05) is 13.0 Å². The highest BCUT2D eigenvalue weighted by molar-refractivity contribution is 7.20. The average Bonchev–Trinajstić information content (AvgIpc) is 3.41. The Kier molecular flexibility index (Phi) is 5.87. The van der Waals surface area contributed by atoms with E-state index >= 15 is 0 Å². The predicted octanol–water partition coefficient (Wildman–Crippen LogP) is 4.71. The first-order chi connectivity index (χ1) is 16.4. The van der Waals surface area contributed by atoms with Crippen molar-refractivity contribution in [2.45, 2.75) is 25.8 Å². The molecule has 0 radical (unpaired) electrons. The fourth-order valence-corrected chi connectivity index (χ4v) is 5.31. The Labute approximate surface area is 198 Å². The number of nitrogens with zero attached hydrogens (tertiary/aromatic N) is 3. The molecule has 1 fully saturated rings. The van der Waals surface area contributed by atoms with Gasteiger partial charge in [0, 0.05) is 30.1 Å². The molecule has 0 bridgehead atoms. The van der Waals surface area contributed by atoms with Crippen LogP contribution in [0.1, 0.15) is 38.6 Å². The maximum Gasteiger partial charge on any atom is 0.264 e. The molecule has 1 saturated heterocycles. The van der Waals surface area contributed by atoms with Crippen molar-refractivity contribution in [2.75, 3.05) is 13.1 Å². The fourth-order valence-electron chi connectivity index (χ4n) is 4.16. The summed E-state index contributed by atoms with van der Waals surface area (Å²) in [7, 11) is 0. The highest BCUT2D eigenvalue weighted by Gasteiger charge is 2.27. The average molecular weight is 481 g/mol. The summed E-state index contributed by atoms with van der Waals surface area (Å²) in [6, 6.07) is 13.4. The van der Waals surface area contributed by atoms with Crippen LogP contribution in [0.15, 0.2) is 54.6 Å². The molecule has 1 aliphatic rings. The number of nitrogens with one attached hydrogen (secondary N) is 1. The van der Waals surface area contributed by atoms with E-state index in [2.05, 4.69) is 10.4 Å². The zero-order chi connectivity index (χ0) is 23.8. The number of fused-ring (bicyclic) bond motifs is 1. The van der Waals surface area contributed by atoms with Crippen LogP contribution in [0.2, 0.25) is 0 Å². The molecule has 34 heavy (non-hydrogen) atoms. The van der Waals surface area contributed by atoms with Gasteiger partial charge in [-0.1, -0.05) is 0 Å². The Bertz CT molecular complexity index is 1350. The highest BCUT2D eigenvalue weighted by Crippen LogP contribution is 2.31. The standard InChI is InChI=1S/C25H22F2N4O2S/c1-15-21-14-22(34-25(21)31(29-15)20-8-6-18(27)7-9-20)24(33)30-12-10-19(11-13-30)28-23(32)16-2-4-17(26)5-3-16/h2-9,14,19H,10-13H2,1H3,(H,28,32). The van der Waals surface area contributed by atoms with E-state index in [1.54, 1.807) is 21.7 Å². The summed E-state index contributed by atoms with van der Waals surface area (Å²) in [6.45, 7) is 2.95. The molecule has 0 unspecified atom stereocenters. The van der Waals surface area contributed by atoms with Gasteiger partial charge in [-0.3, -0.25) is 9.59 Å². The molecule has 1 N–H and O–H groups in total. The zero-order valence-corrected chi connectivity index (χ0v) is 19.2. The lowest BCUT2D eigenvalue weighted by atomic mass is 10.0. The Hall–Kier alpha value is -3.59. The number of halogens is 2. The number of thiophene rings is 1. The molecule has 1 aliphatic heterocycles. The number of likely N-dealkylation sites (tertiary alicyclic amines) is 1. The Morgan fingerprint density at radius 2 is 1.62 bits per heavy atom. The van der Waals surface area contributed by atoms with E-state index in [0.29, 0.717) is 36.4 Å². The molecule has 6 nitrogen and oxygen atoms in total. The largest absolute Gasteiger partial charge is 0.349 e. The third kappa shape index (κ3) is 4.31. The van der Waals surface area contributed by atoms with Gasteiger partial charge < -0.3 is 10.2 Å². The van der Waals surface area contributed by atoms with Gasteiger partial charge in [0.15, 0.2) is 0 Å². The van der Waals surface area contributed by atoms with Gasteiger partial charge in [-0.05, 0) is 74.4 Å². The van der Waals surface area contributed by atoms with E-state index in [9.17, 15) is 18.4 Å². The minimum atomic E-state index is -0.384. The molecule has 5 rings (SSSR count). The second kappa shape index (κ2) is 8.98. The van der Waals surface area contributed by atoms with Crippen LogP contribution in [0.4, 0.5) is 8.78 Å².